The Kier molecular flexibility index (Phi) is 4.81. The molecular formula is C13H8BrCl3N2O. The summed E-state index contributed by atoms with van der Waals surface area (Å²) in [6.07, 6.45) is 0. The van der Waals surface area contributed by atoms with Gasteiger partial charge in [-0.3, -0.25) is 5.41 Å². The Morgan fingerprint density at radius 1 is 1.05 bits per heavy atom. The van der Waals surface area contributed by atoms with E-state index in [9.17, 15) is 0 Å². The number of rotatable bonds is 3. The lowest BCUT2D eigenvalue weighted by Gasteiger charge is -2.13. The van der Waals surface area contributed by atoms with Gasteiger partial charge in [0.2, 0.25) is 0 Å². The number of amidine groups is 1. The first kappa shape index (κ1) is 15.4. The van der Waals surface area contributed by atoms with Crippen LogP contribution in [0.15, 0.2) is 34.8 Å². The molecule has 7 heteroatoms. The molecule has 0 bridgehead atoms. The molecule has 2 rings (SSSR count). The average molecular weight is 394 g/mol. The first-order chi connectivity index (χ1) is 9.40. The molecule has 0 aromatic heterocycles. The van der Waals surface area contributed by atoms with Gasteiger partial charge in [-0.2, -0.15) is 0 Å². The molecule has 0 aliphatic heterocycles. The van der Waals surface area contributed by atoms with E-state index < -0.39 is 0 Å². The summed E-state index contributed by atoms with van der Waals surface area (Å²) in [5.74, 6) is 0.609. The number of halogens is 4. The predicted octanol–water partition coefficient (Wildman–Crippen LogP) is 5.49. The second-order valence-corrected chi connectivity index (χ2v) is 5.90. The first-order valence-corrected chi connectivity index (χ1v) is 7.28. The summed E-state index contributed by atoms with van der Waals surface area (Å²) in [6, 6.07) is 8.21. The zero-order chi connectivity index (χ0) is 14.9. The van der Waals surface area contributed by atoms with Crippen molar-refractivity contribution in [2.45, 2.75) is 0 Å². The maximum Gasteiger partial charge on any atom is 0.147 e. The summed E-state index contributed by atoms with van der Waals surface area (Å²) in [5, 5.41) is 8.58. The van der Waals surface area contributed by atoms with Crippen LogP contribution in [0.2, 0.25) is 15.1 Å². The van der Waals surface area contributed by atoms with Crippen molar-refractivity contribution >= 4 is 56.6 Å². The molecule has 3 nitrogen and oxygen atoms in total. The van der Waals surface area contributed by atoms with Crippen LogP contribution in [-0.2, 0) is 0 Å². The van der Waals surface area contributed by atoms with Crippen molar-refractivity contribution in [2.24, 2.45) is 5.73 Å². The molecule has 104 valence electrons. The molecule has 0 unspecified atom stereocenters. The van der Waals surface area contributed by atoms with E-state index in [2.05, 4.69) is 15.9 Å². The predicted molar refractivity (Wildman–Crippen MR) is 86.7 cm³/mol. The van der Waals surface area contributed by atoms with Crippen LogP contribution in [0.4, 0.5) is 0 Å². The molecule has 0 fully saturated rings. The van der Waals surface area contributed by atoms with Gasteiger partial charge in [0.05, 0.1) is 20.6 Å². The van der Waals surface area contributed by atoms with E-state index in [0.717, 1.165) is 0 Å². The average Bonchev–Trinajstić information content (AvgIpc) is 2.35. The molecule has 20 heavy (non-hydrogen) atoms. The Bertz CT molecular complexity index is 692. The van der Waals surface area contributed by atoms with Crippen molar-refractivity contribution in [3.05, 3.63) is 55.4 Å². The van der Waals surface area contributed by atoms with Gasteiger partial charge in [-0.25, -0.2) is 0 Å². The summed E-state index contributed by atoms with van der Waals surface area (Å²) >= 11 is 21.2. The van der Waals surface area contributed by atoms with E-state index in [1.165, 1.54) is 12.1 Å². The van der Waals surface area contributed by atoms with E-state index in [1.807, 2.05) is 0 Å². The SMILES string of the molecule is N=C(N)c1c(Br)cccc1Oc1cc(Cl)c(Cl)cc1Cl. The molecular weight excluding hydrogens is 386 g/mol. The Morgan fingerprint density at radius 2 is 1.70 bits per heavy atom. The minimum Gasteiger partial charge on any atom is -0.455 e. The van der Waals surface area contributed by atoms with Crippen LogP contribution in [0.5, 0.6) is 11.5 Å². The van der Waals surface area contributed by atoms with Gasteiger partial charge < -0.3 is 10.5 Å². The Hall–Kier alpha value is -0.940. The molecule has 0 atom stereocenters. The third-order valence-electron chi connectivity index (χ3n) is 2.44. The monoisotopic (exact) mass is 392 g/mol. The lowest BCUT2D eigenvalue weighted by atomic mass is 10.2. The highest BCUT2D eigenvalue weighted by atomic mass is 79.9. The molecule has 3 N–H and O–H groups in total. The molecule has 0 radical (unpaired) electrons. The Balaban J connectivity index is 2.48. The molecule has 0 amide bonds. The Labute approximate surface area is 139 Å². The molecule has 0 saturated carbocycles. The quantitative estimate of drug-likeness (QED) is 0.411. The van der Waals surface area contributed by atoms with Crippen molar-refractivity contribution in [3.63, 3.8) is 0 Å². The van der Waals surface area contributed by atoms with Gasteiger partial charge in [-0.15, -0.1) is 0 Å². The van der Waals surface area contributed by atoms with Crippen molar-refractivity contribution in [3.8, 4) is 11.5 Å². The van der Waals surface area contributed by atoms with E-state index in [4.69, 9.17) is 50.7 Å². The summed E-state index contributed by atoms with van der Waals surface area (Å²) < 4.78 is 6.34. The fraction of sp³-hybridized carbons (Fsp3) is 0. The summed E-state index contributed by atoms with van der Waals surface area (Å²) in [6.45, 7) is 0. The number of benzene rings is 2. The van der Waals surface area contributed by atoms with Crippen LogP contribution < -0.4 is 10.5 Å². The van der Waals surface area contributed by atoms with Crippen molar-refractivity contribution in [1.82, 2.24) is 0 Å². The van der Waals surface area contributed by atoms with Gasteiger partial charge >= 0.3 is 0 Å². The molecule has 0 spiro atoms. The number of hydrogen-bond acceptors (Lipinski definition) is 2. The van der Waals surface area contributed by atoms with Gasteiger partial charge in [-0.05, 0) is 34.1 Å². The summed E-state index contributed by atoms with van der Waals surface area (Å²) in [5.41, 5.74) is 5.99. The number of nitrogens with two attached hydrogens (primary N) is 1. The largest absolute Gasteiger partial charge is 0.455 e. The highest BCUT2D eigenvalue weighted by Crippen LogP contribution is 2.38. The minimum absolute atomic E-state index is 0.122. The van der Waals surface area contributed by atoms with E-state index in [1.54, 1.807) is 18.2 Å². The van der Waals surface area contributed by atoms with Crippen molar-refractivity contribution in [1.29, 1.82) is 5.41 Å². The molecule has 0 aliphatic carbocycles. The molecule has 0 saturated heterocycles. The van der Waals surface area contributed by atoms with Crippen LogP contribution in [0.1, 0.15) is 5.56 Å². The summed E-state index contributed by atoms with van der Waals surface area (Å²) in [7, 11) is 0. The lowest BCUT2D eigenvalue weighted by molar-refractivity contribution is 0.481. The van der Waals surface area contributed by atoms with Gasteiger partial charge in [-0.1, -0.05) is 40.9 Å². The van der Waals surface area contributed by atoms with Crippen LogP contribution in [0.25, 0.3) is 0 Å². The normalized spacial score (nSPS) is 10.4. The third-order valence-corrected chi connectivity index (χ3v) is 4.12. The lowest BCUT2D eigenvalue weighted by Crippen LogP contribution is -2.13. The summed E-state index contributed by atoms with van der Waals surface area (Å²) in [4.78, 5) is 0. The van der Waals surface area contributed by atoms with Crippen LogP contribution >= 0.6 is 50.7 Å². The first-order valence-electron chi connectivity index (χ1n) is 5.35. The highest BCUT2D eigenvalue weighted by Gasteiger charge is 2.14. The zero-order valence-electron chi connectivity index (χ0n) is 9.88. The van der Waals surface area contributed by atoms with E-state index in [-0.39, 0.29) is 5.84 Å². The van der Waals surface area contributed by atoms with Crippen LogP contribution in [-0.4, -0.2) is 5.84 Å². The van der Waals surface area contributed by atoms with Crippen molar-refractivity contribution < 1.29 is 4.74 Å². The molecule has 2 aromatic rings. The van der Waals surface area contributed by atoms with Crippen molar-refractivity contribution in [2.75, 3.05) is 0 Å². The fourth-order valence-electron chi connectivity index (χ4n) is 1.55. The Morgan fingerprint density at radius 3 is 2.35 bits per heavy atom. The highest BCUT2D eigenvalue weighted by molar-refractivity contribution is 9.10. The third kappa shape index (κ3) is 3.20. The van der Waals surface area contributed by atoms with Crippen LogP contribution in [0, 0.1) is 5.41 Å². The van der Waals surface area contributed by atoms with Gasteiger partial charge in [0.15, 0.2) is 0 Å². The fourth-order valence-corrected chi connectivity index (χ4v) is 2.69. The standard InChI is InChI=1S/C13H8BrCl3N2O/c14-6-2-1-3-10(12(6)13(18)19)20-11-5-8(16)7(15)4-9(11)17/h1-5H,(H3,18,19). The van der Waals surface area contributed by atoms with Gasteiger partial charge in [0.25, 0.3) is 0 Å². The maximum atomic E-state index is 7.60. The van der Waals surface area contributed by atoms with E-state index >= 15 is 0 Å². The second kappa shape index (κ2) is 6.22. The molecule has 0 aliphatic rings. The second-order valence-electron chi connectivity index (χ2n) is 3.83. The number of nitrogens with one attached hydrogen (secondary N) is 1. The smallest absolute Gasteiger partial charge is 0.147 e. The number of nitrogen functional groups attached to an aromatic ring is 1. The van der Waals surface area contributed by atoms with Gasteiger partial charge in [0.1, 0.15) is 17.3 Å². The number of ether oxygens (including phenoxy) is 1. The maximum absolute atomic E-state index is 7.60. The van der Waals surface area contributed by atoms with Crippen LogP contribution in [0.3, 0.4) is 0 Å². The molecule has 0 heterocycles. The zero-order valence-corrected chi connectivity index (χ0v) is 13.7. The number of hydrogen-bond donors (Lipinski definition) is 2. The van der Waals surface area contributed by atoms with E-state index in [0.29, 0.717) is 36.6 Å². The molecule has 2 aromatic carbocycles. The topological polar surface area (TPSA) is 59.1 Å². The minimum atomic E-state index is -0.122. The van der Waals surface area contributed by atoms with Gasteiger partial charge in [0, 0.05) is 10.5 Å².